The van der Waals surface area contributed by atoms with Gasteiger partial charge in [0, 0.05) is 12.2 Å². The van der Waals surface area contributed by atoms with Crippen LogP contribution >= 0.6 is 0 Å². The molecule has 0 spiro atoms. The zero-order valence-electron chi connectivity index (χ0n) is 22.6. The van der Waals surface area contributed by atoms with Crippen molar-refractivity contribution in [2.75, 3.05) is 44.6 Å². The molecule has 2 aromatic carbocycles. The number of halogens is 3. The van der Waals surface area contributed by atoms with E-state index in [4.69, 9.17) is 5.73 Å². The maximum absolute atomic E-state index is 13.1. The predicted molar refractivity (Wildman–Crippen MR) is 143 cm³/mol. The van der Waals surface area contributed by atoms with E-state index >= 15 is 0 Å². The molecule has 0 saturated heterocycles. The minimum Gasteiger partial charge on any atom is -0.356 e. The third-order valence-corrected chi connectivity index (χ3v) is 6.20. The maximum Gasteiger partial charge on any atom is 0.416 e. The van der Waals surface area contributed by atoms with Gasteiger partial charge in [0.05, 0.1) is 44.7 Å². The van der Waals surface area contributed by atoms with Crippen LogP contribution in [0.3, 0.4) is 0 Å². The van der Waals surface area contributed by atoms with Crippen molar-refractivity contribution in [3.05, 3.63) is 65.7 Å². The molecule has 0 aromatic heterocycles. The molecule has 0 fully saturated rings. The molecular weight excluding hydrogens is 527 g/mol. The third-order valence-electron chi connectivity index (χ3n) is 6.20. The summed E-state index contributed by atoms with van der Waals surface area (Å²) in [4.78, 5) is 40.6. The van der Waals surface area contributed by atoms with Crippen LogP contribution in [0.1, 0.15) is 24.0 Å². The minimum atomic E-state index is -4.57. The second-order valence-electron chi connectivity index (χ2n) is 9.44. The Labute approximate surface area is 231 Å². The van der Waals surface area contributed by atoms with Crippen LogP contribution in [0.25, 0.3) is 0 Å². The number of benzene rings is 2. The highest BCUT2D eigenvalue weighted by Gasteiger charge is 2.32. The van der Waals surface area contributed by atoms with Crippen LogP contribution in [0.2, 0.25) is 0 Å². The van der Waals surface area contributed by atoms with Crippen molar-refractivity contribution < 1.29 is 44.3 Å². The van der Waals surface area contributed by atoms with E-state index in [0.29, 0.717) is 39.1 Å². The van der Waals surface area contributed by atoms with Crippen molar-refractivity contribution in [2.24, 2.45) is 5.73 Å². The number of hydrogen-bond donors (Lipinski definition) is 6. The number of anilines is 1. The van der Waals surface area contributed by atoms with Crippen LogP contribution in [0, 0.1) is 0 Å². The molecule has 0 saturated carbocycles. The highest BCUT2D eigenvalue weighted by Crippen LogP contribution is 2.30. The van der Waals surface area contributed by atoms with E-state index in [1.807, 2.05) is 35.6 Å². The van der Waals surface area contributed by atoms with Crippen LogP contribution in [0.5, 0.6) is 0 Å². The van der Waals surface area contributed by atoms with Gasteiger partial charge in [0.25, 0.3) is 5.91 Å². The van der Waals surface area contributed by atoms with Crippen molar-refractivity contribution >= 4 is 23.4 Å². The SMILES string of the molecule is NCC[NH2+]CCN(CC[NH3+])C(=O)CC([NH3+])C(=O)N[C@@H](CCc1ccccc1)C(=O)Nc1cccc(C(F)(F)F)c1. The third kappa shape index (κ3) is 11.3. The van der Waals surface area contributed by atoms with Gasteiger partial charge in [0.2, 0.25) is 11.8 Å². The fourth-order valence-corrected chi connectivity index (χ4v) is 4.01. The molecule has 0 radical (unpaired) electrons. The van der Waals surface area contributed by atoms with Gasteiger partial charge in [-0.25, -0.2) is 0 Å². The average molecular weight is 569 g/mol. The molecule has 40 heavy (non-hydrogen) atoms. The summed E-state index contributed by atoms with van der Waals surface area (Å²) in [7, 11) is 0. The van der Waals surface area contributed by atoms with Gasteiger partial charge < -0.3 is 38.1 Å². The van der Waals surface area contributed by atoms with Crippen LogP contribution in [0.15, 0.2) is 54.6 Å². The van der Waals surface area contributed by atoms with Gasteiger partial charge in [0.1, 0.15) is 6.04 Å². The first-order valence-corrected chi connectivity index (χ1v) is 13.3. The van der Waals surface area contributed by atoms with Crippen molar-refractivity contribution in [1.29, 1.82) is 0 Å². The minimum absolute atomic E-state index is 0.0459. The van der Waals surface area contributed by atoms with Crippen molar-refractivity contribution in [3.8, 4) is 0 Å². The molecule has 0 bridgehead atoms. The van der Waals surface area contributed by atoms with Crippen LogP contribution in [-0.4, -0.2) is 74.0 Å². The van der Waals surface area contributed by atoms with Crippen molar-refractivity contribution in [1.82, 2.24) is 10.2 Å². The first-order valence-electron chi connectivity index (χ1n) is 13.3. The number of nitrogens with one attached hydrogen (secondary N) is 2. The molecule has 3 amide bonds. The Morgan fingerprint density at radius 3 is 2.38 bits per heavy atom. The van der Waals surface area contributed by atoms with Crippen molar-refractivity contribution in [3.63, 3.8) is 0 Å². The molecule has 2 atom stereocenters. The lowest BCUT2D eigenvalue weighted by molar-refractivity contribution is -0.651. The zero-order chi connectivity index (χ0) is 29.5. The van der Waals surface area contributed by atoms with Gasteiger partial charge in [-0.15, -0.1) is 0 Å². The first kappa shape index (κ1) is 32.7. The molecule has 0 aliphatic rings. The van der Waals surface area contributed by atoms with Gasteiger partial charge in [-0.3, -0.25) is 14.4 Å². The summed E-state index contributed by atoms with van der Waals surface area (Å²) in [6.45, 7) is 3.34. The standard InChI is InChI=1S/C27H38F3N7O3/c28-27(29,30)20-7-4-8-21(17-20)35-26(40)23(10-9-19-5-2-1-3-6-19)36-25(39)22(33)18-24(38)37(15-12-32)16-14-34-13-11-31/h1-8,17,22-23,34H,9-16,18,31-33H2,(H,35,40)(H,36,39)/p+3/t22?,23-/m0/s1. The Balaban J connectivity index is 2.09. The molecule has 12 N–H and O–H groups in total. The molecular formula is C27H41F3N7O3+3. The molecule has 0 heterocycles. The van der Waals surface area contributed by atoms with E-state index < -0.39 is 35.6 Å². The quantitative estimate of drug-likeness (QED) is 0.133. The van der Waals surface area contributed by atoms with E-state index in [1.165, 1.54) is 12.1 Å². The normalized spacial score (nSPS) is 12.8. The van der Waals surface area contributed by atoms with E-state index in [-0.39, 0.29) is 24.4 Å². The highest BCUT2D eigenvalue weighted by molar-refractivity contribution is 5.98. The molecule has 0 aliphatic carbocycles. The number of carbonyl (C=O) groups excluding carboxylic acids is 3. The summed E-state index contributed by atoms with van der Waals surface area (Å²) >= 11 is 0. The Morgan fingerprint density at radius 2 is 1.73 bits per heavy atom. The van der Waals surface area contributed by atoms with Crippen LogP contribution in [0.4, 0.5) is 18.9 Å². The second-order valence-corrected chi connectivity index (χ2v) is 9.44. The lowest BCUT2D eigenvalue weighted by Gasteiger charge is -2.23. The van der Waals surface area contributed by atoms with Gasteiger partial charge in [0.15, 0.2) is 6.04 Å². The number of hydrogen-bond acceptors (Lipinski definition) is 4. The summed E-state index contributed by atoms with van der Waals surface area (Å²) < 4.78 is 39.4. The topological polar surface area (TPSA) is 176 Å². The Kier molecular flexibility index (Phi) is 13.5. The number of quaternary nitrogens is 3. The fraction of sp³-hybridized carbons (Fsp3) is 0.444. The number of carbonyl (C=O) groups is 3. The first-order chi connectivity index (χ1) is 19.0. The van der Waals surface area contributed by atoms with Crippen molar-refractivity contribution in [2.45, 2.75) is 37.5 Å². The Morgan fingerprint density at radius 1 is 1.00 bits per heavy atom. The molecule has 10 nitrogen and oxygen atoms in total. The summed E-state index contributed by atoms with van der Waals surface area (Å²) in [6.07, 6.45) is -4.12. The summed E-state index contributed by atoms with van der Waals surface area (Å²) in [5.74, 6) is -1.53. The van der Waals surface area contributed by atoms with E-state index in [1.54, 1.807) is 4.90 Å². The largest absolute Gasteiger partial charge is 0.416 e. The molecule has 0 aliphatic heterocycles. The summed E-state index contributed by atoms with van der Waals surface area (Å²) in [5.41, 5.74) is 13.1. The van der Waals surface area contributed by atoms with Gasteiger partial charge in [-0.05, 0) is 36.6 Å². The summed E-state index contributed by atoms with van der Waals surface area (Å²) in [5, 5.41) is 7.12. The molecule has 13 heteroatoms. The van der Waals surface area contributed by atoms with Gasteiger partial charge in [-0.1, -0.05) is 36.4 Å². The molecule has 2 aromatic rings. The van der Waals surface area contributed by atoms with E-state index in [0.717, 1.165) is 24.2 Å². The van der Waals surface area contributed by atoms with Gasteiger partial charge >= 0.3 is 6.18 Å². The number of nitrogens with two attached hydrogens (primary N) is 2. The highest BCUT2D eigenvalue weighted by atomic mass is 19.4. The zero-order valence-corrected chi connectivity index (χ0v) is 22.6. The number of nitrogens with zero attached hydrogens (tertiary/aromatic N) is 1. The molecule has 220 valence electrons. The van der Waals surface area contributed by atoms with E-state index in [9.17, 15) is 27.6 Å². The number of rotatable bonds is 16. The molecule has 2 rings (SSSR count). The lowest BCUT2D eigenvalue weighted by Crippen LogP contribution is -2.87. The van der Waals surface area contributed by atoms with Crippen LogP contribution < -0.4 is 33.2 Å². The summed E-state index contributed by atoms with van der Waals surface area (Å²) in [6, 6.07) is 11.5. The van der Waals surface area contributed by atoms with Crippen LogP contribution in [-0.2, 0) is 27.0 Å². The predicted octanol–water partition coefficient (Wildman–Crippen LogP) is -1.65. The van der Waals surface area contributed by atoms with Gasteiger partial charge in [-0.2, -0.15) is 13.2 Å². The fourth-order valence-electron chi connectivity index (χ4n) is 4.01. The Hall–Kier alpha value is -3.52. The maximum atomic E-state index is 13.1. The monoisotopic (exact) mass is 568 g/mol. The number of amides is 3. The Bertz CT molecular complexity index is 1090. The molecule has 1 unspecified atom stereocenters. The number of alkyl halides is 3. The smallest absolute Gasteiger partial charge is 0.356 e. The second kappa shape index (κ2) is 16.6. The number of aryl methyl sites for hydroxylation is 1. The average Bonchev–Trinajstić information content (AvgIpc) is 2.92. The lowest BCUT2D eigenvalue weighted by atomic mass is 10.0. The van der Waals surface area contributed by atoms with E-state index in [2.05, 4.69) is 22.1 Å².